The minimum absolute atomic E-state index is 0.366. The Balaban J connectivity index is 3.69. The summed E-state index contributed by atoms with van der Waals surface area (Å²) in [5.41, 5.74) is -3.97. The zero-order chi connectivity index (χ0) is 14.1. The molecule has 0 aliphatic heterocycles. The molecule has 5 nitrogen and oxygen atoms in total. The van der Waals surface area contributed by atoms with Gasteiger partial charge in [0, 0.05) is 11.1 Å². The number of halogens is 4. The fourth-order valence-corrected chi connectivity index (χ4v) is 1.52. The van der Waals surface area contributed by atoms with E-state index in [9.17, 15) is 28.1 Å². The Bertz CT molecular complexity index is 515. The van der Waals surface area contributed by atoms with E-state index in [4.69, 9.17) is 11.6 Å². The van der Waals surface area contributed by atoms with E-state index in [1.165, 1.54) is 0 Å². The van der Waals surface area contributed by atoms with E-state index in [0.717, 1.165) is 7.11 Å². The molecule has 18 heavy (non-hydrogen) atoms. The molecular weight excluding hydrogens is 279 g/mol. The van der Waals surface area contributed by atoms with E-state index in [1.54, 1.807) is 0 Å². The van der Waals surface area contributed by atoms with Crippen molar-refractivity contribution in [3.05, 3.63) is 38.4 Å². The Morgan fingerprint density at radius 3 is 2.39 bits per heavy atom. The van der Waals surface area contributed by atoms with Crippen molar-refractivity contribution in [3.8, 4) is 0 Å². The topological polar surface area (TPSA) is 69.4 Å². The van der Waals surface area contributed by atoms with Crippen LogP contribution in [0.3, 0.4) is 0 Å². The first-order valence-corrected chi connectivity index (χ1v) is 4.69. The van der Waals surface area contributed by atoms with Gasteiger partial charge in [-0.1, -0.05) is 11.6 Å². The van der Waals surface area contributed by atoms with E-state index < -0.39 is 33.9 Å². The van der Waals surface area contributed by atoms with Crippen molar-refractivity contribution in [1.29, 1.82) is 0 Å². The standard InChI is InChI=1S/C9H5ClF3NO4/c1-18-8(15)5-2-4(10)3-6(14(16)17)7(5)9(11,12)13/h2-3H,1H3. The zero-order valence-corrected chi connectivity index (χ0v) is 9.50. The molecule has 0 spiro atoms. The molecule has 0 saturated heterocycles. The van der Waals surface area contributed by atoms with Crippen LogP contribution in [0.25, 0.3) is 0 Å². The third-order valence-corrected chi connectivity index (χ3v) is 2.19. The van der Waals surface area contributed by atoms with Crippen molar-refractivity contribution in [2.45, 2.75) is 6.18 Å². The smallest absolute Gasteiger partial charge is 0.423 e. The molecule has 1 aromatic rings. The van der Waals surface area contributed by atoms with Gasteiger partial charge in [0.2, 0.25) is 0 Å². The van der Waals surface area contributed by atoms with E-state index in [0.29, 0.717) is 12.1 Å². The summed E-state index contributed by atoms with van der Waals surface area (Å²) in [7, 11) is 0.856. The molecule has 0 fully saturated rings. The van der Waals surface area contributed by atoms with Crippen molar-refractivity contribution in [2.75, 3.05) is 7.11 Å². The second-order valence-corrected chi connectivity index (χ2v) is 3.53. The lowest BCUT2D eigenvalue weighted by Crippen LogP contribution is -2.16. The quantitative estimate of drug-likeness (QED) is 0.475. The number of hydrogen-bond donors (Lipinski definition) is 0. The number of ether oxygens (including phenoxy) is 1. The fourth-order valence-electron chi connectivity index (χ4n) is 1.31. The van der Waals surface area contributed by atoms with Crippen molar-refractivity contribution < 1.29 is 27.6 Å². The average molecular weight is 284 g/mol. The van der Waals surface area contributed by atoms with Crippen LogP contribution in [-0.2, 0) is 10.9 Å². The fraction of sp³-hybridized carbons (Fsp3) is 0.222. The van der Waals surface area contributed by atoms with Gasteiger partial charge in [0.25, 0.3) is 5.69 Å². The Hall–Kier alpha value is -1.83. The average Bonchev–Trinajstić information content (AvgIpc) is 2.24. The minimum Gasteiger partial charge on any atom is -0.465 e. The van der Waals surface area contributed by atoms with Crippen LogP contribution in [0.1, 0.15) is 15.9 Å². The highest BCUT2D eigenvalue weighted by atomic mass is 35.5. The van der Waals surface area contributed by atoms with Gasteiger partial charge in [0.1, 0.15) is 5.56 Å². The van der Waals surface area contributed by atoms with Crippen molar-refractivity contribution in [1.82, 2.24) is 0 Å². The minimum atomic E-state index is -5.07. The summed E-state index contributed by atoms with van der Waals surface area (Å²) in [6.07, 6.45) is -5.07. The molecule has 0 radical (unpaired) electrons. The van der Waals surface area contributed by atoms with Gasteiger partial charge in [0.15, 0.2) is 0 Å². The lowest BCUT2D eigenvalue weighted by Gasteiger charge is -2.12. The number of hydrogen-bond acceptors (Lipinski definition) is 4. The highest BCUT2D eigenvalue weighted by Crippen LogP contribution is 2.40. The number of methoxy groups -OCH3 is 1. The normalized spacial score (nSPS) is 11.2. The van der Waals surface area contributed by atoms with E-state index >= 15 is 0 Å². The summed E-state index contributed by atoms with van der Waals surface area (Å²) in [6.45, 7) is 0. The molecular formula is C9H5ClF3NO4. The lowest BCUT2D eigenvalue weighted by molar-refractivity contribution is -0.388. The van der Waals surface area contributed by atoms with Crippen LogP contribution < -0.4 is 0 Å². The molecule has 0 bridgehead atoms. The molecule has 0 unspecified atom stereocenters. The molecule has 9 heteroatoms. The Labute approximate surface area is 103 Å². The highest BCUT2D eigenvalue weighted by Gasteiger charge is 2.43. The van der Waals surface area contributed by atoms with Crippen LogP contribution >= 0.6 is 11.6 Å². The van der Waals surface area contributed by atoms with Gasteiger partial charge in [0.05, 0.1) is 17.6 Å². The number of rotatable bonds is 2. The maximum Gasteiger partial charge on any atom is 0.423 e. The SMILES string of the molecule is COC(=O)c1cc(Cl)cc([N+](=O)[O-])c1C(F)(F)F. The molecule has 0 heterocycles. The number of nitro benzene ring substituents is 1. The molecule has 0 amide bonds. The molecule has 0 aromatic heterocycles. The predicted molar refractivity (Wildman–Crippen MR) is 54.4 cm³/mol. The number of nitro groups is 1. The van der Waals surface area contributed by atoms with Gasteiger partial charge in [-0.2, -0.15) is 13.2 Å². The maximum absolute atomic E-state index is 12.7. The highest BCUT2D eigenvalue weighted by molar-refractivity contribution is 6.31. The molecule has 98 valence electrons. The summed E-state index contributed by atoms with van der Waals surface area (Å²) in [6, 6.07) is 1.19. The Morgan fingerprint density at radius 2 is 2.00 bits per heavy atom. The van der Waals surface area contributed by atoms with Gasteiger partial charge in [-0.25, -0.2) is 4.79 Å². The Kier molecular flexibility index (Phi) is 3.80. The van der Waals surface area contributed by atoms with Gasteiger partial charge in [-0.3, -0.25) is 10.1 Å². The van der Waals surface area contributed by atoms with Crippen molar-refractivity contribution in [3.63, 3.8) is 0 Å². The van der Waals surface area contributed by atoms with Crippen molar-refractivity contribution in [2.24, 2.45) is 0 Å². The summed E-state index contributed by atoms with van der Waals surface area (Å²) < 4.78 is 42.4. The number of nitrogens with zero attached hydrogens (tertiary/aromatic N) is 1. The number of benzene rings is 1. The van der Waals surface area contributed by atoms with Gasteiger partial charge < -0.3 is 4.74 Å². The third-order valence-electron chi connectivity index (χ3n) is 1.97. The lowest BCUT2D eigenvalue weighted by atomic mass is 10.0. The second-order valence-electron chi connectivity index (χ2n) is 3.09. The van der Waals surface area contributed by atoms with Gasteiger partial charge in [-0.05, 0) is 6.07 Å². The number of alkyl halides is 3. The molecule has 0 atom stereocenters. The number of carbonyl (C=O) groups excluding carboxylic acids is 1. The van der Waals surface area contributed by atoms with Crippen LogP contribution in [0.4, 0.5) is 18.9 Å². The van der Waals surface area contributed by atoms with Gasteiger partial charge in [-0.15, -0.1) is 0 Å². The summed E-state index contributed by atoms with van der Waals surface area (Å²) in [4.78, 5) is 20.5. The second kappa shape index (κ2) is 4.81. The first-order chi connectivity index (χ1) is 8.18. The summed E-state index contributed by atoms with van der Waals surface area (Å²) >= 11 is 5.44. The first kappa shape index (κ1) is 14.2. The molecule has 0 aliphatic carbocycles. The predicted octanol–water partition coefficient (Wildman–Crippen LogP) is 3.05. The van der Waals surface area contributed by atoms with E-state index in [1.807, 2.05) is 0 Å². The van der Waals surface area contributed by atoms with Crippen LogP contribution in [0.5, 0.6) is 0 Å². The number of esters is 1. The monoisotopic (exact) mass is 283 g/mol. The Morgan fingerprint density at radius 1 is 1.44 bits per heavy atom. The molecule has 0 saturated carbocycles. The number of carbonyl (C=O) groups is 1. The van der Waals surface area contributed by atoms with E-state index in [-0.39, 0.29) is 5.02 Å². The molecule has 0 aliphatic rings. The first-order valence-electron chi connectivity index (χ1n) is 4.32. The molecule has 1 aromatic carbocycles. The van der Waals surface area contributed by atoms with Crippen LogP contribution in [0.2, 0.25) is 5.02 Å². The molecule has 1 rings (SSSR count). The van der Waals surface area contributed by atoms with E-state index in [2.05, 4.69) is 4.74 Å². The van der Waals surface area contributed by atoms with Gasteiger partial charge >= 0.3 is 12.1 Å². The zero-order valence-electron chi connectivity index (χ0n) is 8.75. The third kappa shape index (κ3) is 2.70. The summed E-state index contributed by atoms with van der Waals surface area (Å²) in [5.74, 6) is -1.35. The van der Waals surface area contributed by atoms with Crippen LogP contribution in [-0.4, -0.2) is 18.0 Å². The maximum atomic E-state index is 12.7. The van der Waals surface area contributed by atoms with Crippen LogP contribution in [0.15, 0.2) is 12.1 Å². The van der Waals surface area contributed by atoms with Crippen molar-refractivity contribution >= 4 is 23.3 Å². The van der Waals surface area contributed by atoms with Crippen LogP contribution in [0, 0.1) is 10.1 Å². The largest absolute Gasteiger partial charge is 0.465 e. The molecule has 0 N–H and O–H groups in total. The summed E-state index contributed by atoms with van der Waals surface area (Å²) in [5, 5.41) is 10.2.